The van der Waals surface area contributed by atoms with Crippen molar-refractivity contribution in [2.45, 2.75) is 26.2 Å². The Kier molecular flexibility index (Phi) is 7.21. The molecule has 0 radical (unpaired) electrons. The Morgan fingerprint density at radius 1 is 1.05 bits per heavy atom. The normalized spacial score (nSPS) is 17.9. The molecule has 2 fully saturated rings. The second-order valence-corrected chi connectivity index (χ2v) is 9.92. The van der Waals surface area contributed by atoms with Gasteiger partial charge in [-0.2, -0.15) is 0 Å². The van der Waals surface area contributed by atoms with Gasteiger partial charge in [0, 0.05) is 43.8 Å². The average Bonchev–Trinajstić information content (AvgIpc) is 3.27. The predicted molar refractivity (Wildman–Crippen MR) is 146 cm³/mol. The number of para-hydroxylation sites is 1. The highest BCUT2D eigenvalue weighted by Gasteiger charge is 2.46. The van der Waals surface area contributed by atoms with Crippen LogP contribution >= 0.6 is 0 Å². The summed E-state index contributed by atoms with van der Waals surface area (Å²) in [5, 5.41) is 7.01. The molecule has 0 bridgehead atoms. The standard InChI is InChI=1S/C29H32N6O4/c1-4-13-33-18-27(38)34-19-26(37)32(15-22-11-8-12-23-24(20(2)36)16-31(3)28(22)23)17-25(34)35(33)29(39)30-14-21-9-6-5-7-10-21/h4-12,16,25H,1,13-15,17-19H2,2-3H3,(H,30,39). The number of fused-ring (bicyclic) bond motifs is 2. The van der Waals surface area contributed by atoms with E-state index in [0.29, 0.717) is 18.7 Å². The predicted octanol–water partition coefficient (Wildman–Crippen LogP) is 2.51. The van der Waals surface area contributed by atoms with E-state index in [2.05, 4.69) is 11.9 Å². The van der Waals surface area contributed by atoms with Crippen molar-refractivity contribution in [2.75, 3.05) is 26.2 Å². The molecular formula is C29H32N6O4. The second kappa shape index (κ2) is 10.7. The quantitative estimate of drug-likeness (QED) is 0.375. The number of aryl methyl sites for hydroxylation is 1. The van der Waals surface area contributed by atoms with Gasteiger partial charge >= 0.3 is 6.03 Å². The number of benzene rings is 2. The van der Waals surface area contributed by atoms with E-state index in [9.17, 15) is 19.2 Å². The van der Waals surface area contributed by atoms with Crippen LogP contribution in [0.25, 0.3) is 10.9 Å². The SMILES string of the molecule is C=CCN1CC(=O)N2CC(=O)N(Cc3cccc4c(C(C)=O)cn(C)c34)CC2N1C(=O)NCc1ccccc1. The van der Waals surface area contributed by atoms with Gasteiger partial charge in [-0.05, 0) is 18.1 Å². The van der Waals surface area contributed by atoms with Gasteiger partial charge in [0.05, 0.1) is 18.6 Å². The van der Waals surface area contributed by atoms with Crippen LogP contribution in [-0.2, 0) is 29.7 Å². The van der Waals surface area contributed by atoms with Crippen molar-refractivity contribution in [3.63, 3.8) is 0 Å². The van der Waals surface area contributed by atoms with Crippen LogP contribution in [0.3, 0.4) is 0 Å². The first-order chi connectivity index (χ1) is 18.8. The Labute approximate surface area is 227 Å². The van der Waals surface area contributed by atoms with Gasteiger partial charge in [-0.15, -0.1) is 6.58 Å². The van der Waals surface area contributed by atoms with Crippen LogP contribution < -0.4 is 5.32 Å². The fourth-order valence-corrected chi connectivity index (χ4v) is 5.46. The summed E-state index contributed by atoms with van der Waals surface area (Å²) in [6, 6.07) is 14.9. The van der Waals surface area contributed by atoms with Crippen molar-refractivity contribution in [3.8, 4) is 0 Å². The molecule has 1 atom stereocenters. The number of urea groups is 1. The van der Waals surface area contributed by atoms with Crippen LogP contribution in [0.5, 0.6) is 0 Å². The van der Waals surface area contributed by atoms with Crippen molar-refractivity contribution >= 4 is 34.5 Å². The Morgan fingerprint density at radius 3 is 2.54 bits per heavy atom. The van der Waals surface area contributed by atoms with Crippen LogP contribution in [0.2, 0.25) is 0 Å². The van der Waals surface area contributed by atoms with Gasteiger partial charge in [0.2, 0.25) is 11.8 Å². The molecule has 10 heteroatoms. The van der Waals surface area contributed by atoms with E-state index in [1.54, 1.807) is 21.0 Å². The Hall–Kier alpha value is -4.44. The minimum absolute atomic E-state index is 0.0228. The van der Waals surface area contributed by atoms with Crippen LogP contribution in [0.1, 0.15) is 28.4 Å². The molecule has 5 rings (SSSR count). The number of nitrogens with zero attached hydrogens (tertiary/aromatic N) is 5. The summed E-state index contributed by atoms with van der Waals surface area (Å²) in [7, 11) is 1.88. The number of hydrogen-bond donors (Lipinski definition) is 1. The molecule has 1 unspecified atom stereocenters. The molecule has 0 spiro atoms. The zero-order chi connectivity index (χ0) is 27.7. The molecule has 0 aliphatic carbocycles. The van der Waals surface area contributed by atoms with Gasteiger partial charge < -0.3 is 19.7 Å². The van der Waals surface area contributed by atoms with E-state index in [-0.39, 0.29) is 49.8 Å². The van der Waals surface area contributed by atoms with Crippen LogP contribution in [-0.4, -0.2) is 80.4 Å². The van der Waals surface area contributed by atoms with E-state index in [1.807, 2.05) is 66.3 Å². The maximum absolute atomic E-state index is 13.5. The molecule has 4 amide bonds. The lowest BCUT2D eigenvalue weighted by Crippen LogP contribution is -2.73. The molecule has 3 aromatic rings. The van der Waals surface area contributed by atoms with Crippen molar-refractivity contribution in [3.05, 3.63) is 84.1 Å². The van der Waals surface area contributed by atoms with Crippen LogP contribution in [0, 0.1) is 0 Å². The minimum atomic E-state index is -0.667. The van der Waals surface area contributed by atoms with Gasteiger partial charge in [-0.3, -0.25) is 14.4 Å². The lowest BCUT2D eigenvalue weighted by molar-refractivity contribution is -0.180. The van der Waals surface area contributed by atoms with E-state index < -0.39 is 6.17 Å². The third-order valence-electron chi connectivity index (χ3n) is 7.29. The van der Waals surface area contributed by atoms with E-state index in [0.717, 1.165) is 22.0 Å². The molecule has 2 aliphatic rings. The summed E-state index contributed by atoms with van der Waals surface area (Å²) < 4.78 is 1.90. The maximum atomic E-state index is 13.5. The summed E-state index contributed by atoms with van der Waals surface area (Å²) in [5.74, 6) is -0.431. The third kappa shape index (κ3) is 5.03. The topological polar surface area (TPSA) is 98.2 Å². The molecular weight excluding hydrogens is 496 g/mol. The van der Waals surface area contributed by atoms with Gasteiger partial charge in [0.1, 0.15) is 12.7 Å². The number of carbonyl (C=O) groups is 4. The number of carbonyl (C=O) groups excluding carboxylic acids is 4. The van der Waals surface area contributed by atoms with Gasteiger partial charge in [0.15, 0.2) is 5.78 Å². The smallest absolute Gasteiger partial charge is 0.334 e. The third-order valence-corrected chi connectivity index (χ3v) is 7.29. The van der Waals surface area contributed by atoms with Gasteiger partial charge in [-0.1, -0.05) is 54.6 Å². The molecule has 3 heterocycles. The highest BCUT2D eigenvalue weighted by atomic mass is 16.2. The molecule has 10 nitrogen and oxygen atoms in total. The van der Waals surface area contributed by atoms with Crippen molar-refractivity contribution < 1.29 is 19.2 Å². The number of Topliss-reactive ketones (excluding diaryl/α,β-unsaturated/α-hetero) is 1. The molecule has 2 aliphatic heterocycles. The molecule has 2 aromatic carbocycles. The number of amides is 4. The number of piperazine rings is 1. The number of aromatic nitrogens is 1. The Bertz CT molecular complexity index is 1450. The molecule has 39 heavy (non-hydrogen) atoms. The summed E-state index contributed by atoms with van der Waals surface area (Å²) in [6.45, 7) is 6.26. The van der Waals surface area contributed by atoms with Crippen molar-refractivity contribution in [2.24, 2.45) is 7.05 Å². The Balaban J connectivity index is 1.43. The lowest BCUT2D eigenvalue weighted by Gasteiger charge is -2.52. The Morgan fingerprint density at radius 2 is 1.82 bits per heavy atom. The highest BCUT2D eigenvalue weighted by molar-refractivity contribution is 6.07. The van der Waals surface area contributed by atoms with Crippen molar-refractivity contribution in [1.29, 1.82) is 0 Å². The number of hydrazine groups is 1. The zero-order valence-corrected chi connectivity index (χ0v) is 22.2. The van der Waals surface area contributed by atoms with Gasteiger partial charge in [0.25, 0.3) is 0 Å². The highest BCUT2D eigenvalue weighted by Crippen LogP contribution is 2.28. The molecule has 1 N–H and O–H groups in total. The second-order valence-electron chi connectivity index (χ2n) is 9.92. The maximum Gasteiger partial charge on any atom is 0.334 e. The van der Waals surface area contributed by atoms with Gasteiger partial charge in [-0.25, -0.2) is 14.8 Å². The molecule has 0 saturated carbocycles. The first-order valence-corrected chi connectivity index (χ1v) is 12.9. The summed E-state index contributed by atoms with van der Waals surface area (Å²) in [4.78, 5) is 55.1. The van der Waals surface area contributed by atoms with Crippen LogP contribution in [0.15, 0.2) is 67.4 Å². The number of rotatable bonds is 7. The summed E-state index contributed by atoms with van der Waals surface area (Å²) >= 11 is 0. The van der Waals surface area contributed by atoms with E-state index in [4.69, 9.17) is 0 Å². The molecule has 202 valence electrons. The molecule has 2 saturated heterocycles. The van der Waals surface area contributed by atoms with Crippen molar-refractivity contribution in [1.82, 2.24) is 29.7 Å². The fourth-order valence-electron chi connectivity index (χ4n) is 5.46. The molecule has 1 aromatic heterocycles. The number of hydrogen-bond acceptors (Lipinski definition) is 5. The van der Waals surface area contributed by atoms with E-state index in [1.165, 1.54) is 11.8 Å². The zero-order valence-electron chi connectivity index (χ0n) is 22.2. The first-order valence-electron chi connectivity index (χ1n) is 12.9. The lowest BCUT2D eigenvalue weighted by atomic mass is 10.1. The first kappa shape index (κ1) is 26.2. The van der Waals surface area contributed by atoms with Crippen LogP contribution in [0.4, 0.5) is 4.79 Å². The summed E-state index contributed by atoms with van der Waals surface area (Å²) in [5.41, 5.74) is 3.34. The largest absolute Gasteiger partial charge is 0.350 e. The monoisotopic (exact) mass is 528 g/mol. The number of ketones is 1. The fraction of sp³-hybridized carbons (Fsp3) is 0.310. The number of nitrogens with one attached hydrogen (secondary N) is 1. The minimum Gasteiger partial charge on any atom is -0.350 e. The average molecular weight is 529 g/mol. The summed E-state index contributed by atoms with van der Waals surface area (Å²) in [6.07, 6.45) is 2.79. The van der Waals surface area contributed by atoms with E-state index >= 15 is 0 Å².